The number of amides is 4. The molecular formula is C22H28N4O4. The van der Waals surface area contributed by atoms with Crippen molar-refractivity contribution in [3.63, 3.8) is 0 Å². The second-order valence-corrected chi connectivity index (χ2v) is 8.30. The molecule has 8 nitrogen and oxygen atoms in total. The highest BCUT2D eigenvalue weighted by Crippen LogP contribution is 2.30. The van der Waals surface area contributed by atoms with Crippen LogP contribution in [0.5, 0.6) is 0 Å². The summed E-state index contributed by atoms with van der Waals surface area (Å²) in [5.41, 5.74) is 1.47. The van der Waals surface area contributed by atoms with E-state index in [-0.39, 0.29) is 18.7 Å². The van der Waals surface area contributed by atoms with Crippen molar-refractivity contribution in [1.29, 1.82) is 0 Å². The van der Waals surface area contributed by atoms with E-state index in [1.165, 1.54) is 19.3 Å². The molecule has 2 saturated heterocycles. The van der Waals surface area contributed by atoms with Crippen LogP contribution in [0.1, 0.15) is 64.8 Å². The summed E-state index contributed by atoms with van der Waals surface area (Å²) in [5, 5.41) is 9.00. The zero-order valence-electron chi connectivity index (χ0n) is 17.0. The van der Waals surface area contributed by atoms with Crippen molar-refractivity contribution < 1.29 is 19.2 Å². The highest BCUT2D eigenvalue weighted by atomic mass is 16.2. The molecule has 4 rings (SSSR count). The van der Waals surface area contributed by atoms with Crippen LogP contribution in [0.2, 0.25) is 0 Å². The van der Waals surface area contributed by atoms with Crippen LogP contribution >= 0.6 is 0 Å². The van der Waals surface area contributed by atoms with Crippen molar-refractivity contribution >= 4 is 23.6 Å². The number of fused-ring (bicyclic) bond motifs is 1. The van der Waals surface area contributed by atoms with Gasteiger partial charge in [0.2, 0.25) is 11.8 Å². The van der Waals surface area contributed by atoms with Gasteiger partial charge in [0.05, 0.1) is 11.1 Å². The molecule has 1 aromatic rings. The number of benzene rings is 1. The normalized spacial score (nSPS) is 22.4. The summed E-state index contributed by atoms with van der Waals surface area (Å²) < 4.78 is 0. The molecule has 2 fully saturated rings. The predicted octanol–water partition coefficient (Wildman–Crippen LogP) is 0.957. The van der Waals surface area contributed by atoms with Gasteiger partial charge in [-0.15, -0.1) is 0 Å². The Balaban J connectivity index is 1.38. The zero-order valence-corrected chi connectivity index (χ0v) is 17.0. The lowest BCUT2D eigenvalue weighted by Crippen LogP contribution is -2.54. The van der Waals surface area contributed by atoms with E-state index in [0.29, 0.717) is 17.7 Å². The Hall–Kier alpha value is -2.58. The Morgan fingerprint density at radius 2 is 1.83 bits per heavy atom. The van der Waals surface area contributed by atoms with E-state index >= 15 is 0 Å². The second kappa shape index (κ2) is 9.06. The Labute approximate surface area is 175 Å². The molecule has 0 bridgehead atoms. The molecule has 3 N–H and O–H groups in total. The maximum Gasteiger partial charge on any atom is 0.262 e. The minimum absolute atomic E-state index is 0.120. The molecule has 4 amide bonds. The van der Waals surface area contributed by atoms with Crippen LogP contribution < -0.4 is 16.0 Å². The molecule has 3 aliphatic rings. The molecule has 0 radical (unpaired) electrons. The lowest BCUT2D eigenvalue weighted by atomic mass is 9.93. The second-order valence-electron chi connectivity index (χ2n) is 8.30. The summed E-state index contributed by atoms with van der Waals surface area (Å²) in [6.45, 7) is 3.56. The molecule has 1 aromatic carbocycles. The molecule has 30 heavy (non-hydrogen) atoms. The van der Waals surface area contributed by atoms with Crippen LogP contribution in [0.4, 0.5) is 0 Å². The maximum absolute atomic E-state index is 13.1. The summed E-state index contributed by atoms with van der Waals surface area (Å²) in [4.78, 5) is 50.5. The first-order chi connectivity index (χ1) is 14.6. The quantitative estimate of drug-likeness (QED) is 0.455. The van der Waals surface area contributed by atoms with Gasteiger partial charge in [-0.3, -0.25) is 29.4 Å². The summed E-state index contributed by atoms with van der Waals surface area (Å²) in [6.07, 6.45) is 5.03. The van der Waals surface area contributed by atoms with E-state index in [2.05, 4.69) is 16.0 Å². The lowest BCUT2D eigenvalue weighted by molar-refractivity contribution is -0.136. The third-order valence-corrected chi connectivity index (χ3v) is 6.29. The van der Waals surface area contributed by atoms with Crippen LogP contribution in [0.3, 0.4) is 0 Å². The Bertz CT molecular complexity index is 863. The van der Waals surface area contributed by atoms with Crippen molar-refractivity contribution in [2.45, 2.75) is 51.1 Å². The maximum atomic E-state index is 13.1. The van der Waals surface area contributed by atoms with Gasteiger partial charge < -0.3 is 10.6 Å². The van der Waals surface area contributed by atoms with Crippen LogP contribution in [-0.2, 0) is 16.1 Å². The molecule has 0 spiro atoms. The molecule has 160 valence electrons. The number of carbonyl (C=O) groups is 4. The summed E-state index contributed by atoms with van der Waals surface area (Å²) in [6, 6.07) is 4.31. The van der Waals surface area contributed by atoms with E-state index in [4.69, 9.17) is 0 Å². The fraction of sp³-hybridized carbons (Fsp3) is 0.545. The Morgan fingerprint density at radius 3 is 2.60 bits per heavy atom. The van der Waals surface area contributed by atoms with Gasteiger partial charge in [-0.2, -0.15) is 0 Å². The van der Waals surface area contributed by atoms with Gasteiger partial charge in [0.25, 0.3) is 11.8 Å². The van der Waals surface area contributed by atoms with Gasteiger partial charge >= 0.3 is 0 Å². The van der Waals surface area contributed by atoms with E-state index in [9.17, 15) is 19.2 Å². The third-order valence-electron chi connectivity index (χ3n) is 6.29. The molecule has 1 atom stereocenters. The summed E-state index contributed by atoms with van der Waals surface area (Å²) >= 11 is 0. The number of nitrogens with zero attached hydrogens (tertiary/aromatic N) is 1. The average Bonchev–Trinajstić information content (AvgIpc) is 3.00. The molecule has 3 heterocycles. The number of hydrogen-bond acceptors (Lipinski definition) is 6. The number of piperidine rings is 2. The predicted molar refractivity (Wildman–Crippen MR) is 110 cm³/mol. The molecule has 0 aromatic heterocycles. The molecule has 8 heteroatoms. The monoisotopic (exact) mass is 412 g/mol. The smallest absolute Gasteiger partial charge is 0.262 e. The van der Waals surface area contributed by atoms with Gasteiger partial charge in [-0.1, -0.05) is 12.1 Å². The fourth-order valence-corrected chi connectivity index (χ4v) is 4.64. The number of rotatable bonds is 7. The van der Waals surface area contributed by atoms with Crippen molar-refractivity contribution in [1.82, 2.24) is 20.9 Å². The van der Waals surface area contributed by atoms with Gasteiger partial charge in [0.15, 0.2) is 0 Å². The highest BCUT2D eigenvalue weighted by molar-refractivity contribution is 6.24. The van der Waals surface area contributed by atoms with Crippen molar-refractivity contribution in [3.05, 3.63) is 34.9 Å². The summed E-state index contributed by atoms with van der Waals surface area (Å²) in [7, 11) is 0. The minimum atomic E-state index is -0.930. The van der Waals surface area contributed by atoms with Gasteiger partial charge in [0.1, 0.15) is 6.04 Å². The molecule has 1 unspecified atom stereocenters. The van der Waals surface area contributed by atoms with Gasteiger partial charge in [-0.25, -0.2) is 0 Å². The van der Waals surface area contributed by atoms with E-state index in [0.717, 1.165) is 42.4 Å². The van der Waals surface area contributed by atoms with Crippen molar-refractivity contribution in [2.24, 2.45) is 5.92 Å². The standard InChI is InChI=1S/C22H28N4O4/c27-18-7-6-17(20(28)25-18)26-21(29)16-5-1-4-15(19(16)22(26)30)13-24-10-2-3-14-8-11-23-12-9-14/h1,4-5,14,17,23-24H,2-3,6-13H2,(H,25,27,28). The first kappa shape index (κ1) is 20.7. The third kappa shape index (κ3) is 4.15. The Kier molecular flexibility index (Phi) is 6.24. The number of carbonyl (C=O) groups excluding carboxylic acids is 4. The van der Waals surface area contributed by atoms with Crippen LogP contribution in [0.25, 0.3) is 0 Å². The van der Waals surface area contributed by atoms with Crippen LogP contribution in [-0.4, -0.2) is 54.2 Å². The largest absolute Gasteiger partial charge is 0.317 e. The molecular weight excluding hydrogens is 384 g/mol. The molecule has 0 saturated carbocycles. The minimum Gasteiger partial charge on any atom is -0.317 e. The van der Waals surface area contributed by atoms with Crippen LogP contribution in [0.15, 0.2) is 18.2 Å². The van der Waals surface area contributed by atoms with E-state index in [1.807, 2.05) is 6.07 Å². The number of nitrogens with one attached hydrogen (secondary N) is 3. The van der Waals surface area contributed by atoms with Gasteiger partial charge in [-0.05, 0) is 69.3 Å². The molecule has 0 aliphatic carbocycles. The van der Waals surface area contributed by atoms with Gasteiger partial charge in [0, 0.05) is 13.0 Å². The topological polar surface area (TPSA) is 108 Å². The molecule has 3 aliphatic heterocycles. The van der Waals surface area contributed by atoms with Crippen LogP contribution in [0, 0.1) is 5.92 Å². The SMILES string of the molecule is O=C1CCC(N2C(=O)c3cccc(CNCCCC4CCNCC4)c3C2=O)C(=O)N1. The van der Waals surface area contributed by atoms with E-state index in [1.54, 1.807) is 12.1 Å². The first-order valence-corrected chi connectivity index (χ1v) is 10.8. The number of hydrogen-bond donors (Lipinski definition) is 3. The number of imide groups is 2. The average molecular weight is 412 g/mol. The first-order valence-electron chi connectivity index (χ1n) is 10.8. The lowest BCUT2D eigenvalue weighted by Gasteiger charge is -2.27. The van der Waals surface area contributed by atoms with Crippen molar-refractivity contribution in [3.8, 4) is 0 Å². The zero-order chi connectivity index (χ0) is 21.1. The highest BCUT2D eigenvalue weighted by Gasteiger charge is 2.45. The van der Waals surface area contributed by atoms with E-state index < -0.39 is 23.8 Å². The summed E-state index contributed by atoms with van der Waals surface area (Å²) in [5.74, 6) is -1.08. The Morgan fingerprint density at radius 1 is 1.03 bits per heavy atom. The fourth-order valence-electron chi connectivity index (χ4n) is 4.64. The van der Waals surface area contributed by atoms with Crippen molar-refractivity contribution in [2.75, 3.05) is 19.6 Å².